The van der Waals surface area contributed by atoms with Crippen LogP contribution in [0.5, 0.6) is 0 Å². The summed E-state index contributed by atoms with van der Waals surface area (Å²) in [5, 5.41) is 9.10. The molecule has 1 N–H and O–H groups in total. The number of fused-ring (bicyclic) bond motifs is 1. The van der Waals surface area contributed by atoms with Crippen LogP contribution in [0.15, 0.2) is 33.5 Å². The van der Waals surface area contributed by atoms with Crippen molar-refractivity contribution in [2.75, 3.05) is 0 Å². The Morgan fingerprint density at radius 1 is 1.38 bits per heavy atom. The third-order valence-corrected chi connectivity index (χ3v) is 2.57. The second kappa shape index (κ2) is 3.23. The van der Waals surface area contributed by atoms with E-state index in [1.165, 1.54) is 13.8 Å². The Hall–Kier alpha value is -2.04. The maximum absolute atomic E-state index is 11.6. The average Bonchev–Trinajstić information content (AvgIpc) is 2.53. The van der Waals surface area contributed by atoms with Crippen molar-refractivity contribution in [1.82, 2.24) is 4.57 Å². The van der Waals surface area contributed by atoms with Gasteiger partial charge in [0.1, 0.15) is 5.54 Å². The van der Waals surface area contributed by atoms with Crippen molar-refractivity contribution in [3.8, 4) is 0 Å². The van der Waals surface area contributed by atoms with E-state index >= 15 is 0 Å². The average molecular weight is 221 g/mol. The van der Waals surface area contributed by atoms with Crippen molar-refractivity contribution >= 4 is 17.1 Å². The number of para-hydroxylation sites is 2. The van der Waals surface area contributed by atoms with E-state index in [1.807, 2.05) is 0 Å². The zero-order chi connectivity index (χ0) is 11.9. The molecule has 0 aliphatic carbocycles. The lowest BCUT2D eigenvalue weighted by Gasteiger charge is -2.19. The molecule has 1 aromatic heterocycles. The van der Waals surface area contributed by atoms with Crippen molar-refractivity contribution in [3.63, 3.8) is 0 Å². The molecule has 0 amide bonds. The van der Waals surface area contributed by atoms with Crippen molar-refractivity contribution in [2.45, 2.75) is 19.4 Å². The third-order valence-electron chi connectivity index (χ3n) is 2.57. The maximum atomic E-state index is 11.6. The molecule has 0 saturated carbocycles. The monoisotopic (exact) mass is 221 g/mol. The highest BCUT2D eigenvalue weighted by Gasteiger charge is 2.33. The van der Waals surface area contributed by atoms with Crippen LogP contribution in [0.25, 0.3) is 11.1 Å². The zero-order valence-electron chi connectivity index (χ0n) is 8.93. The minimum absolute atomic E-state index is 0.391. The van der Waals surface area contributed by atoms with Crippen LogP contribution in [0.1, 0.15) is 13.8 Å². The minimum Gasteiger partial charge on any atom is -0.480 e. The van der Waals surface area contributed by atoms with Crippen molar-refractivity contribution in [3.05, 3.63) is 34.8 Å². The summed E-state index contributed by atoms with van der Waals surface area (Å²) in [6.07, 6.45) is 0. The molecular weight excluding hydrogens is 210 g/mol. The number of carboxylic acids is 1. The predicted octanol–water partition coefficient (Wildman–Crippen LogP) is 1.41. The fourth-order valence-corrected chi connectivity index (χ4v) is 1.59. The van der Waals surface area contributed by atoms with Gasteiger partial charge in [0.2, 0.25) is 0 Å². The lowest BCUT2D eigenvalue weighted by atomic mass is 10.1. The number of benzene rings is 1. The summed E-state index contributed by atoms with van der Waals surface area (Å²) in [7, 11) is 0. The van der Waals surface area contributed by atoms with Gasteiger partial charge in [0.25, 0.3) is 0 Å². The molecule has 0 aliphatic heterocycles. The SMILES string of the molecule is CC(C)(C(=O)O)n1c(=O)oc2ccccc21. The van der Waals surface area contributed by atoms with E-state index in [2.05, 4.69) is 0 Å². The van der Waals surface area contributed by atoms with Gasteiger partial charge in [-0.3, -0.25) is 4.57 Å². The van der Waals surface area contributed by atoms with Crippen LogP contribution in [0.2, 0.25) is 0 Å². The second-order valence-electron chi connectivity index (χ2n) is 4.04. The Kier molecular flexibility index (Phi) is 2.11. The lowest BCUT2D eigenvalue weighted by Crippen LogP contribution is -2.40. The Morgan fingerprint density at radius 3 is 2.62 bits per heavy atom. The molecule has 1 heterocycles. The molecule has 1 aromatic carbocycles. The number of hydrogen-bond donors (Lipinski definition) is 1. The van der Waals surface area contributed by atoms with Crippen molar-refractivity contribution < 1.29 is 14.3 Å². The Balaban J connectivity index is 2.83. The fourth-order valence-electron chi connectivity index (χ4n) is 1.59. The number of carboxylic acid groups (broad SMARTS) is 1. The number of aromatic nitrogens is 1. The van der Waals surface area contributed by atoms with E-state index in [9.17, 15) is 9.59 Å². The van der Waals surface area contributed by atoms with Gasteiger partial charge in [-0.15, -0.1) is 0 Å². The molecule has 5 heteroatoms. The normalized spacial score (nSPS) is 11.9. The van der Waals surface area contributed by atoms with Crippen LogP contribution in [-0.2, 0) is 10.3 Å². The standard InChI is InChI=1S/C11H11NO4/c1-11(2,9(13)14)12-7-5-3-4-6-8(7)16-10(12)15/h3-6H,1-2H3,(H,13,14). The maximum Gasteiger partial charge on any atom is 0.420 e. The summed E-state index contributed by atoms with van der Waals surface area (Å²) in [6, 6.07) is 6.74. The van der Waals surface area contributed by atoms with E-state index in [-0.39, 0.29) is 0 Å². The van der Waals surface area contributed by atoms with Gasteiger partial charge >= 0.3 is 11.7 Å². The molecule has 2 aromatic rings. The van der Waals surface area contributed by atoms with E-state index in [4.69, 9.17) is 9.52 Å². The third kappa shape index (κ3) is 1.32. The van der Waals surface area contributed by atoms with Crippen LogP contribution >= 0.6 is 0 Å². The van der Waals surface area contributed by atoms with E-state index in [0.29, 0.717) is 11.1 Å². The van der Waals surface area contributed by atoms with E-state index in [0.717, 1.165) is 4.57 Å². The van der Waals surface area contributed by atoms with Gasteiger partial charge in [0.05, 0.1) is 5.52 Å². The van der Waals surface area contributed by atoms with Gasteiger partial charge in [-0.05, 0) is 26.0 Å². The van der Waals surface area contributed by atoms with Gasteiger partial charge in [0.15, 0.2) is 5.58 Å². The van der Waals surface area contributed by atoms with Crippen molar-refractivity contribution in [2.24, 2.45) is 0 Å². The van der Waals surface area contributed by atoms with E-state index < -0.39 is 17.3 Å². The molecule has 0 atom stereocenters. The summed E-state index contributed by atoms with van der Waals surface area (Å²) in [5.41, 5.74) is -0.453. The van der Waals surface area contributed by atoms with Crippen LogP contribution < -0.4 is 5.76 Å². The first-order chi connectivity index (χ1) is 7.44. The fraction of sp³-hybridized carbons (Fsp3) is 0.273. The molecule has 84 valence electrons. The Labute approximate surface area is 90.9 Å². The largest absolute Gasteiger partial charge is 0.480 e. The number of carbonyl (C=O) groups is 1. The molecule has 0 radical (unpaired) electrons. The second-order valence-corrected chi connectivity index (χ2v) is 4.04. The van der Waals surface area contributed by atoms with Crippen LogP contribution in [0, 0.1) is 0 Å². The molecule has 0 aliphatic rings. The van der Waals surface area contributed by atoms with Gasteiger partial charge in [-0.1, -0.05) is 12.1 Å². The molecular formula is C11H11NO4. The lowest BCUT2D eigenvalue weighted by molar-refractivity contribution is -0.145. The molecule has 0 fully saturated rings. The quantitative estimate of drug-likeness (QED) is 0.832. The van der Waals surface area contributed by atoms with E-state index in [1.54, 1.807) is 24.3 Å². The summed E-state index contributed by atoms with van der Waals surface area (Å²) >= 11 is 0. The molecule has 2 rings (SSSR count). The molecule has 0 spiro atoms. The minimum atomic E-state index is -1.33. The van der Waals surface area contributed by atoms with Crippen molar-refractivity contribution in [1.29, 1.82) is 0 Å². The number of nitrogens with zero attached hydrogens (tertiary/aromatic N) is 1. The van der Waals surface area contributed by atoms with Gasteiger partial charge in [0, 0.05) is 0 Å². The first-order valence-corrected chi connectivity index (χ1v) is 4.79. The number of aliphatic carboxylic acids is 1. The molecule has 0 unspecified atom stereocenters. The highest BCUT2D eigenvalue weighted by molar-refractivity contribution is 5.80. The Morgan fingerprint density at radius 2 is 2.00 bits per heavy atom. The summed E-state index contributed by atoms with van der Waals surface area (Å²) in [5.74, 6) is -1.74. The Bertz CT molecular complexity index is 606. The molecule has 16 heavy (non-hydrogen) atoms. The highest BCUT2D eigenvalue weighted by Crippen LogP contribution is 2.21. The number of rotatable bonds is 2. The topological polar surface area (TPSA) is 72.4 Å². The summed E-state index contributed by atoms with van der Waals surface area (Å²) in [6.45, 7) is 2.91. The first kappa shape index (κ1) is 10.5. The highest BCUT2D eigenvalue weighted by atomic mass is 16.4. The van der Waals surface area contributed by atoms with Gasteiger partial charge in [-0.25, -0.2) is 9.59 Å². The predicted molar refractivity (Wildman–Crippen MR) is 57.4 cm³/mol. The molecule has 0 saturated heterocycles. The first-order valence-electron chi connectivity index (χ1n) is 4.79. The smallest absolute Gasteiger partial charge is 0.420 e. The van der Waals surface area contributed by atoms with Gasteiger partial charge < -0.3 is 9.52 Å². The zero-order valence-corrected chi connectivity index (χ0v) is 8.93. The van der Waals surface area contributed by atoms with Crippen LogP contribution in [-0.4, -0.2) is 15.6 Å². The summed E-state index contributed by atoms with van der Waals surface area (Å²) in [4.78, 5) is 22.7. The van der Waals surface area contributed by atoms with Crippen LogP contribution in [0.3, 0.4) is 0 Å². The van der Waals surface area contributed by atoms with Crippen LogP contribution in [0.4, 0.5) is 0 Å². The van der Waals surface area contributed by atoms with Gasteiger partial charge in [-0.2, -0.15) is 0 Å². The number of hydrogen-bond acceptors (Lipinski definition) is 3. The molecule has 5 nitrogen and oxygen atoms in total. The summed E-state index contributed by atoms with van der Waals surface area (Å²) < 4.78 is 6.12. The molecule has 0 bridgehead atoms. The number of oxazole rings is 1.